The summed E-state index contributed by atoms with van der Waals surface area (Å²) in [5.41, 5.74) is 1.48. The molecule has 0 unspecified atom stereocenters. The van der Waals surface area contributed by atoms with E-state index in [0.717, 1.165) is 12.8 Å². The Bertz CT molecular complexity index is 224. The van der Waals surface area contributed by atoms with Crippen LogP contribution in [-0.2, 0) is 5.41 Å². The smallest absolute Gasteiger partial charge is 0.0462 e. The molecule has 0 N–H and O–H groups in total. The predicted octanol–water partition coefficient (Wildman–Crippen LogP) is 3.16. The third kappa shape index (κ3) is 1.66. The van der Waals surface area contributed by atoms with Crippen LogP contribution in [0.25, 0.3) is 0 Å². The van der Waals surface area contributed by atoms with Crippen LogP contribution in [0.5, 0.6) is 0 Å². The first kappa shape index (κ1) is 9.24. The van der Waals surface area contributed by atoms with E-state index in [1.165, 1.54) is 5.69 Å². The van der Waals surface area contributed by atoms with Crippen LogP contribution in [0.15, 0.2) is 24.4 Å². The quantitative estimate of drug-likeness (QED) is 0.667. The molecule has 1 heteroatoms. The van der Waals surface area contributed by atoms with Gasteiger partial charge < -0.3 is 0 Å². The lowest BCUT2D eigenvalue weighted by atomic mass is 9.81. The molecule has 66 valence electrons. The molecule has 0 spiro atoms. The van der Waals surface area contributed by atoms with Gasteiger partial charge in [-0.25, -0.2) is 0 Å². The van der Waals surface area contributed by atoms with E-state index in [4.69, 9.17) is 0 Å². The van der Waals surface area contributed by atoms with Gasteiger partial charge in [0.25, 0.3) is 0 Å². The van der Waals surface area contributed by atoms with Crippen molar-refractivity contribution < 1.29 is 0 Å². The molecule has 0 aliphatic rings. The molecule has 1 aromatic heterocycles. The molecule has 1 aromatic rings. The van der Waals surface area contributed by atoms with Crippen LogP contribution in [0, 0.1) is 0 Å². The maximum Gasteiger partial charge on any atom is 0.0462 e. The highest BCUT2D eigenvalue weighted by Crippen LogP contribution is 2.28. The van der Waals surface area contributed by atoms with Gasteiger partial charge >= 0.3 is 0 Å². The van der Waals surface area contributed by atoms with E-state index in [0.29, 0.717) is 0 Å². The van der Waals surface area contributed by atoms with Crippen molar-refractivity contribution in [3.05, 3.63) is 30.1 Å². The molecule has 0 amide bonds. The molecule has 0 saturated heterocycles. The van der Waals surface area contributed by atoms with Crippen molar-refractivity contribution in [2.75, 3.05) is 0 Å². The molecule has 0 aromatic carbocycles. The van der Waals surface area contributed by atoms with E-state index >= 15 is 0 Å². The van der Waals surface area contributed by atoms with Gasteiger partial charge in [0.05, 0.1) is 0 Å². The second-order valence-electron chi connectivity index (χ2n) is 3.48. The minimum atomic E-state index is 0.265. The van der Waals surface area contributed by atoms with Gasteiger partial charge in [0.1, 0.15) is 0 Å². The van der Waals surface area contributed by atoms with Crippen molar-refractivity contribution >= 4 is 0 Å². The normalized spacial score (nSPS) is 11.6. The fraction of sp³-hybridized carbons (Fsp3) is 0.545. The summed E-state index contributed by atoms with van der Waals surface area (Å²) < 4.78 is 0. The van der Waals surface area contributed by atoms with E-state index in [9.17, 15) is 0 Å². The van der Waals surface area contributed by atoms with Crippen molar-refractivity contribution in [2.24, 2.45) is 0 Å². The number of hydrogen-bond donors (Lipinski definition) is 0. The molecule has 1 rings (SSSR count). The van der Waals surface area contributed by atoms with Crippen LogP contribution in [-0.4, -0.2) is 4.98 Å². The monoisotopic (exact) mass is 163 g/mol. The Hall–Kier alpha value is -0.850. The molecule has 0 saturated carbocycles. The summed E-state index contributed by atoms with van der Waals surface area (Å²) >= 11 is 0. The van der Waals surface area contributed by atoms with E-state index in [1.54, 1.807) is 0 Å². The van der Waals surface area contributed by atoms with Crippen molar-refractivity contribution in [1.29, 1.82) is 0 Å². The third-order valence-corrected chi connectivity index (χ3v) is 2.84. The molecular weight excluding hydrogens is 146 g/mol. The molecule has 1 nitrogen and oxygen atoms in total. The minimum Gasteiger partial charge on any atom is -0.261 e. The zero-order valence-corrected chi connectivity index (χ0v) is 8.17. The van der Waals surface area contributed by atoms with Crippen molar-refractivity contribution in [2.45, 2.75) is 39.0 Å². The molecule has 0 bridgehead atoms. The molecule has 1 heterocycles. The summed E-state index contributed by atoms with van der Waals surface area (Å²) in [5.74, 6) is 0. The fourth-order valence-electron chi connectivity index (χ4n) is 1.33. The van der Waals surface area contributed by atoms with Gasteiger partial charge in [0.2, 0.25) is 0 Å². The van der Waals surface area contributed by atoms with Crippen LogP contribution in [0.2, 0.25) is 0 Å². The van der Waals surface area contributed by atoms with Gasteiger partial charge in [-0.3, -0.25) is 4.98 Å². The summed E-state index contributed by atoms with van der Waals surface area (Å²) in [6, 6.07) is 6.15. The first-order valence-corrected chi connectivity index (χ1v) is 4.64. The van der Waals surface area contributed by atoms with Gasteiger partial charge in [-0.1, -0.05) is 26.8 Å². The lowest BCUT2D eigenvalue weighted by Crippen LogP contribution is -2.20. The van der Waals surface area contributed by atoms with Crippen LogP contribution >= 0.6 is 0 Å². The van der Waals surface area contributed by atoms with Crippen molar-refractivity contribution in [1.82, 2.24) is 4.98 Å². The fourth-order valence-corrected chi connectivity index (χ4v) is 1.33. The third-order valence-electron chi connectivity index (χ3n) is 2.84. The predicted molar refractivity (Wildman–Crippen MR) is 52.2 cm³/mol. The van der Waals surface area contributed by atoms with Crippen molar-refractivity contribution in [3.8, 4) is 0 Å². The van der Waals surface area contributed by atoms with Crippen LogP contribution in [0.1, 0.15) is 39.3 Å². The zero-order chi connectivity index (χ0) is 9.03. The van der Waals surface area contributed by atoms with Crippen LogP contribution in [0.3, 0.4) is 0 Å². The molecule has 0 fully saturated rings. The number of aromatic nitrogens is 1. The van der Waals surface area contributed by atoms with E-state index < -0.39 is 0 Å². The van der Waals surface area contributed by atoms with Gasteiger partial charge in [0.15, 0.2) is 0 Å². The summed E-state index contributed by atoms with van der Waals surface area (Å²) in [7, 11) is 0. The van der Waals surface area contributed by atoms with Gasteiger partial charge in [-0.05, 0) is 25.0 Å². The largest absolute Gasteiger partial charge is 0.261 e. The van der Waals surface area contributed by atoms with Gasteiger partial charge in [-0.2, -0.15) is 0 Å². The lowest BCUT2D eigenvalue weighted by Gasteiger charge is -2.25. The molecule has 0 atom stereocenters. The topological polar surface area (TPSA) is 12.9 Å². The average molecular weight is 163 g/mol. The Morgan fingerprint density at radius 3 is 2.33 bits per heavy atom. The van der Waals surface area contributed by atoms with E-state index in [-0.39, 0.29) is 5.41 Å². The number of rotatable bonds is 3. The highest BCUT2D eigenvalue weighted by molar-refractivity contribution is 5.14. The Labute approximate surface area is 74.8 Å². The summed E-state index contributed by atoms with van der Waals surface area (Å²) in [5, 5.41) is 0. The first-order valence-electron chi connectivity index (χ1n) is 4.64. The molecular formula is C11H17N. The summed E-state index contributed by atoms with van der Waals surface area (Å²) in [4.78, 5) is 4.39. The van der Waals surface area contributed by atoms with Gasteiger partial charge in [0, 0.05) is 17.3 Å². The minimum absolute atomic E-state index is 0.265. The Morgan fingerprint density at radius 1 is 1.25 bits per heavy atom. The van der Waals surface area contributed by atoms with Crippen LogP contribution in [0.4, 0.5) is 0 Å². The number of nitrogens with zero attached hydrogens (tertiary/aromatic N) is 1. The highest BCUT2D eigenvalue weighted by atomic mass is 14.7. The first-order chi connectivity index (χ1) is 5.73. The number of pyridine rings is 1. The molecule has 0 aliphatic heterocycles. The van der Waals surface area contributed by atoms with Gasteiger partial charge in [-0.15, -0.1) is 0 Å². The standard InChI is InChI=1S/C11H17N/c1-4-11(3,5-2)10-8-6-7-9-12-10/h6-9H,4-5H2,1-3H3. The maximum absolute atomic E-state index is 4.39. The Kier molecular flexibility index (Phi) is 2.85. The van der Waals surface area contributed by atoms with E-state index in [2.05, 4.69) is 37.9 Å². The van der Waals surface area contributed by atoms with E-state index in [1.807, 2.05) is 12.3 Å². The molecule has 0 aliphatic carbocycles. The van der Waals surface area contributed by atoms with Crippen LogP contribution < -0.4 is 0 Å². The Morgan fingerprint density at radius 2 is 1.92 bits per heavy atom. The lowest BCUT2D eigenvalue weighted by molar-refractivity contribution is 0.426. The van der Waals surface area contributed by atoms with Crippen molar-refractivity contribution in [3.63, 3.8) is 0 Å². The highest BCUT2D eigenvalue weighted by Gasteiger charge is 2.22. The molecule has 12 heavy (non-hydrogen) atoms. The maximum atomic E-state index is 4.39. The Balaban J connectivity index is 2.95. The SMILES string of the molecule is CCC(C)(CC)c1ccccn1. The second-order valence-corrected chi connectivity index (χ2v) is 3.48. The second kappa shape index (κ2) is 3.70. The summed E-state index contributed by atoms with van der Waals surface area (Å²) in [6.45, 7) is 6.71. The molecule has 0 radical (unpaired) electrons. The summed E-state index contributed by atoms with van der Waals surface area (Å²) in [6.07, 6.45) is 4.18. The number of hydrogen-bond acceptors (Lipinski definition) is 1. The zero-order valence-electron chi connectivity index (χ0n) is 8.17. The average Bonchev–Trinajstić information content (AvgIpc) is 2.18.